The molecule has 1 aliphatic rings. The Labute approximate surface area is 67.6 Å². The van der Waals surface area contributed by atoms with Crippen molar-refractivity contribution in [3.05, 3.63) is 29.8 Å². The molecule has 0 N–H and O–H groups in total. The van der Waals surface area contributed by atoms with Crippen LogP contribution in [0.5, 0.6) is 0 Å². The molecule has 0 saturated carbocycles. The summed E-state index contributed by atoms with van der Waals surface area (Å²) in [6.07, 6.45) is 1.20. The van der Waals surface area contributed by atoms with Crippen molar-refractivity contribution in [3.8, 4) is 0 Å². The molecule has 1 aromatic carbocycles. The van der Waals surface area contributed by atoms with Gasteiger partial charge in [0.25, 0.3) is 0 Å². The third-order valence-corrected chi connectivity index (χ3v) is 2.55. The molecule has 1 nitrogen and oxygen atoms in total. The smallest absolute Gasteiger partial charge is 0.0399 e. The standard InChI is InChI=1S/C10H13N/c1-8-7-9-5-3-4-6-10(9)11(8)2/h3-6,8H,7H2,1-2H3. The molecule has 0 amide bonds. The number of anilines is 1. The minimum atomic E-state index is 0.674. The van der Waals surface area contributed by atoms with Crippen LogP contribution in [0.25, 0.3) is 0 Å². The van der Waals surface area contributed by atoms with Crippen molar-refractivity contribution in [2.24, 2.45) is 0 Å². The molecule has 1 atom stereocenters. The molecule has 0 saturated heterocycles. The third-order valence-electron chi connectivity index (χ3n) is 2.55. The zero-order valence-corrected chi connectivity index (χ0v) is 7.04. The molecule has 2 rings (SSSR count). The zero-order valence-electron chi connectivity index (χ0n) is 7.04. The summed E-state index contributed by atoms with van der Waals surface area (Å²) in [6, 6.07) is 9.30. The fraction of sp³-hybridized carbons (Fsp3) is 0.400. The van der Waals surface area contributed by atoms with Crippen molar-refractivity contribution in [2.75, 3.05) is 11.9 Å². The summed E-state index contributed by atoms with van der Waals surface area (Å²) < 4.78 is 0. The SMILES string of the molecule is CC1Cc2ccccc2N1C. The Morgan fingerprint density at radius 2 is 2.09 bits per heavy atom. The van der Waals surface area contributed by atoms with Crippen LogP contribution in [-0.2, 0) is 6.42 Å². The van der Waals surface area contributed by atoms with Crippen LogP contribution in [0.15, 0.2) is 24.3 Å². The number of rotatable bonds is 0. The van der Waals surface area contributed by atoms with E-state index < -0.39 is 0 Å². The number of fused-ring (bicyclic) bond motifs is 1. The summed E-state index contributed by atoms with van der Waals surface area (Å²) in [5, 5.41) is 0. The van der Waals surface area contributed by atoms with E-state index in [1.807, 2.05) is 0 Å². The van der Waals surface area contributed by atoms with E-state index in [9.17, 15) is 0 Å². The molecule has 1 aromatic rings. The summed E-state index contributed by atoms with van der Waals surface area (Å²) in [5.41, 5.74) is 2.89. The second kappa shape index (κ2) is 2.26. The van der Waals surface area contributed by atoms with Crippen LogP contribution in [0.4, 0.5) is 5.69 Å². The summed E-state index contributed by atoms with van der Waals surface area (Å²) in [7, 11) is 2.16. The first-order chi connectivity index (χ1) is 5.29. The highest BCUT2D eigenvalue weighted by atomic mass is 15.1. The molecule has 0 aliphatic carbocycles. The summed E-state index contributed by atoms with van der Waals surface area (Å²) in [5.74, 6) is 0. The maximum Gasteiger partial charge on any atom is 0.0399 e. The monoisotopic (exact) mass is 147 g/mol. The topological polar surface area (TPSA) is 3.24 Å². The lowest BCUT2D eigenvalue weighted by atomic mass is 10.1. The second-order valence-corrected chi connectivity index (χ2v) is 3.29. The Balaban J connectivity index is 2.47. The summed E-state index contributed by atoms with van der Waals surface area (Å²) in [6.45, 7) is 2.26. The van der Waals surface area contributed by atoms with E-state index in [0.29, 0.717) is 6.04 Å². The first kappa shape index (κ1) is 6.71. The number of benzene rings is 1. The number of hydrogen-bond donors (Lipinski definition) is 0. The molecule has 0 aromatic heterocycles. The van der Waals surface area contributed by atoms with E-state index in [1.165, 1.54) is 17.7 Å². The van der Waals surface area contributed by atoms with Gasteiger partial charge in [-0.1, -0.05) is 18.2 Å². The maximum absolute atomic E-state index is 2.34. The molecular weight excluding hydrogens is 134 g/mol. The van der Waals surface area contributed by atoms with Crippen molar-refractivity contribution >= 4 is 5.69 Å². The average Bonchev–Trinajstić information content (AvgIpc) is 2.30. The van der Waals surface area contributed by atoms with Gasteiger partial charge in [-0.25, -0.2) is 0 Å². The van der Waals surface area contributed by atoms with Crippen LogP contribution >= 0.6 is 0 Å². The first-order valence-corrected chi connectivity index (χ1v) is 4.10. The van der Waals surface area contributed by atoms with Gasteiger partial charge in [-0.3, -0.25) is 0 Å². The molecule has 1 unspecified atom stereocenters. The van der Waals surface area contributed by atoms with Gasteiger partial charge in [-0.15, -0.1) is 0 Å². The van der Waals surface area contributed by atoms with Gasteiger partial charge in [0.1, 0.15) is 0 Å². The number of nitrogens with zero attached hydrogens (tertiary/aromatic N) is 1. The highest BCUT2D eigenvalue weighted by molar-refractivity contribution is 5.58. The number of likely N-dealkylation sites (N-methyl/N-ethyl adjacent to an activating group) is 1. The lowest BCUT2D eigenvalue weighted by Gasteiger charge is -2.17. The van der Waals surface area contributed by atoms with Crippen molar-refractivity contribution < 1.29 is 0 Å². The van der Waals surface area contributed by atoms with E-state index in [2.05, 4.69) is 43.1 Å². The van der Waals surface area contributed by atoms with E-state index in [4.69, 9.17) is 0 Å². The highest BCUT2D eigenvalue weighted by Crippen LogP contribution is 2.29. The van der Waals surface area contributed by atoms with Crippen LogP contribution in [0.3, 0.4) is 0 Å². The molecule has 1 aliphatic heterocycles. The largest absolute Gasteiger partial charge is 0.371 e. The predicted octanol–water partition coefficient (Wildman–Crippen LogP) is 2.07. The van der Waals surface area contributed by atoms with Crippen LogP contribution < -0.4 is 4.90 Å². The Hall–Kier alpha value is -0.980. The molecule has 11 heavy (non-hydrogen) atoms. The summed E-state index contributed by atoms with van der Waals surface area (Å²) in [4.78, 5) is 2.34. The van der Waals surface area contributed by atoms with Crippen LogP contribution in [0.2, 0.25) is 0 Å². The Morgan fingerprint density at radius 3 is 2.82 bits per heavy atom. The zero-order chi connectivity index (χ0) is 7.84. The van der Waals surface area contributed by atoms with Gasteiger partial charge in [-0.2, -0.15) is 0 Å². The second-order valence-electron chi connectivity index (χ2n) is 3.29. The van der Waals surface area contributed by atoms with Gasteiger partial charge in [0, 0.05) is 18.8 Å². The van der Waals surface area contributed by atoms with Crippen LogP contribution in [0, 0.1) is 0 Å². The number of hydrogen-bond acceptors (Lipinski definition) is 1. The van der Waals surface area contributed by atoms with E-state index >= 15 is 0 Å². The molecule has 1 heteroatoms. The minimum absolute atomic E-state index is 0.674. The van der Waals surface area contributed by atoms with Gasteiger partial charge in [0.05, 0.1) is 0 Å². The average molecular weight is 147 g/mol. The molecular formula is C10H13N. The Kier molecular flexibility index (Phi) is 1.38. The highest BCUT2D eigenvalue weighted by Gasteiger charge is 2.21. The number of para-hydroxylation sites is 1. The van der Waals surface area contributed by atoms with Crippen molar-refractivity contribution in [3.63, 3.8) is 0 Å². The quantitative estimate of drug-likeness (QED) is 0.543. The van der Waals surface area contributed by atoms with Gasteiger partial charge in [0.2, 0.25) is 0 Å². The fourth-order valence-electron chi connectivity index (χ4n) is 1.72. The van der Waals surface area contributed by atoms with E-state index in [1.54, 1.807) is 0 Å². The maximum atomic E-state index is 2.34. The lowest BCUT2D eigenvalue weighted by Crippen LogP contribution is -2.23. The van der Waals surface area contributed by atoms with Crippen molar-refractivity contribution in [1.82, 2.24) is 0 Å². The van der Waals surface area contributed by atoms with Gasteiger partial charge >= 0.3 is 0 Å². The van der Waals surface area contributed by atoms with Crippen molar-refractivity contribution in [2.45, 2.75) is 19.4 Å². The van der Waals surface area contributed by atoms with E-state index in [-0.39, 0.29) is 0 Å². The lowest BCUT2D eigenvalue weighted by molar-refractivity contribution is 0.732. The third kappa shape index (κ3) is 0.917. The normalized spacial score (nSPS) is 22.0. The molecule has 0 bridgehead atoms. The van der Waals surface area contributed by atoms with Gasteiger partial charge < -0.3 is 4.90 Å². The molecule has 1 heterocycles. The van der Waals surface area contributed by atoms with E-state index in [0.717, 1.165) is 0 Å². The molecule has 0 radical (unpaired) electrons. The molecule has 58 valence electrons. The van der Waals surface area contributed by atoms with Gasteiger partial charge in [0.15, 0.2) is 0 Å². The minimum Gasteiger partial charge on any atom is -0.371 e. The van der Waals surface area contributed by atoms with Gasteiger partial charge in [-0.05, 0) is 25.0 Å². The first-order valence-electron chi connectivity index (χ1n) is 4.10. The van der Waals surface area contributed by atoms with Crippen molar-refractivity contribution in [1.29, 1.82) is 0 Å². The molecule has 0 fully saturated rings. The predicted molar refractivity (Wildman–Crippen MR) is 48.0 cm³/mol. The van der Waals surface area contributed by atoms with Crippen LogP contribution in [0.1, 0.15) is 12.5 Å². The summed E-state index contributed by atoms with van der Waals surface area (Å²) >= 11 is 0. The molecule has 0 spiro atoms. The fourth-order valence-corrected chi connectivity index (χ4v) is 1.72. The van der Waals surface area contributed by atoms with Crippen LogP contribution in [-0.4, -0.2) is 13.1 Å². The Morgan fingerprint density at radius 1 is 1.36 bits per heavy atom. The Bertz CT molecular complexity index is 267.